The lowest BCUT2D eigenvalue weighted by Gasteiger charge is -2.03. The number of H-pyrrole nitrogens is 1. The van der Waals surface area contributed by atoms with Crippen molar-refractivity contribution in [3.63, 3.8) is 0 Å². The number of carbonyl (C=O) groups excluding carboxylic acids is 1. The first-order valence-electron chi connectivity index (χ1n) is 6.32. The van der Waals surface area contributed by atoms with Gasteiger partial charge in [-0.2, -0.15) is 0 Å². The summed E-state index contributed by atoms with van der Waals surface area (Å²) in [6.45, 7) is -0.0457. The molecule has 0 atom stereocenters. The number of hydrogen-bond donors (Lipinski definition) is 2. The van der Waals surface area contributed by atoms with Crippen LogP contribution in [0.4, 0.5) is 0 Å². The van der Waals surface area contributed by atoms with Crippen molar-refractivity contribution in [2.75, 3.05) is 6.54 Å². The molecular formula is C15H12ClN3OS. The van der Waals surface area contributed by atoms with E-state index in [-0.39, 0.29) is 12.3 Å². The molecule has 6 heteroatoms. The lowest BCUT2D eigenvalue weighted by molar-refractivity contribution is 0.0994. The molecule has 0 spiro atoms. The van der Waals surface area contributed by atoms with E-state index in [0.29, 0.717) is 10.7 Å². The summed E-state index contributed by atoms with van der Waals surface area (Å²) in [5.74, 6) is -0.141. The third-order valence-corrected chi connectivity index (χ3v) is 4.32. The second-order valence-corrected chi connectivity index (χ2v) is 5.94. The molecule has 0 saturated carbocycles. The fraction of sp³-hybridized carbons (Fsp3) is 0.0667. The number of aromatic nitrogens is 2. The van der Waals surface area contributed by atoms with E-state index in [0.717, 1.165) is 20.8 Å². The Hall–Kier alpha value is -1.82. The second-order valence-electron chi connectivity index (χ2n) is 4.42. The smallest absolute Gasteiger partial charge is 0.193 e. The third-order valence-electron chi connectivity index (χ3n) is 2.99. The Kier molecular flexibility index (Phi) is 3.96. The average molecular weight is 318 g/mol. The minimum atomic E-state index is -0.141. The van der Waals surface area contributed by atoms with Crippen molar-refractivity contribution in [3.8, 4) is 0 Å². The van der Waals surface area contributed by atoms with Gasteiger partial charge in [-0.3, -0.25) is 9.78 Å². The molecule has 0 aliphatic carbocycles. The molecule has 3 rings (SSSR count). The van der Waals surface area contributed by atoms with Gasteiger partial charge in [0, 0.05) is 16.1 Å². The van der Waals surface area contributed by atoms with Crippen LogP contribution in [-0.2, 0) is 0 Å². The highest BCUT2D eigenvalue weighted by Crippen LogP contribution is 2.36. The first kappa shape index (κ1) is 14.1. The van der Waals surface area contributed by atoms with E-state index in [1.54, 1.807) is 6.20 Å². The van der Waals surface area contributed by atoms with E-state index in [1.807, 2.05) is 36.4 Å². The molecule has 0 unspecified atom stereocenters. The summed E-state index contributed by atoms with van der Waals surface area (Å²) in [4.78, 5) is 21.2. The number of rotatable bonds is 4. The van der Waals surface area contributed by atoms with Crippen LogP contribution in [0.2, 0.25) is 5.02 Å². The number of ketones is 1. The number of pyridine rings is 1. The van der Waals surface area contributed by atoms with Crippen molar-refractivity contribution in [1.29, 1.82) is 0 Å². The Morgan fingerprint density at radius 3 is 2.95 bits per heavy atom. The van der Waals surface area contributed by atoms with Crippen LogP contribution in [0.5, 0.6) is 0 Å². The van der Waals surface area contributed by atoms with Crippen LogP contribution in [0.25, 0.3) is 11.0 Å². The molecule has 0 radical (unpaired) electrons. The number of nitrogens with zero attached hydrogens (tertiary/aromatic N) is 1. The highest BCUT2D eigenvalue weighted by atomic mass is 35.5. The maximum Gasteiger partial charge on any atom is 0.193 e. The van der Waals surface area contributed by atoms with Crippen molar-refractivity contribution >= 4 is 40.2 Å². The van der Waals surface area contributed by atoms with Crippen LogP contribution in [-0.4, -0.2) is 22.3 Å². The Balaban J connectivity index is 2.13. The lowest BCUT2D eigenvalue weighted by atomic mass is 10.3. The average Bonchev–Trinajstić information content (AvgIpc) is 2.85. The van der Waals surface area contributed by atoms with Gasteiger partial charge in [-0.15, -0.1) is 0 Å². The van der Waals surface area contributed by atoms with Crippen LogP contribution < -0.4 is 5.73 Å². The molecule has 106 valence electrons. The van der Waals surface area contributed by atoms with E-state index >= 15 is 0 Å². The van der Waals surface area contributed by atoms with Crippen molar-refractivity contribution in [3.05, 3.63) is 53.3 Å². The van der Waals surface area contributed by atoms with E-state index in [2.05, 4.69) is 9.97 Å². The quantitative estimate of drug-likeness (QED) is 0.722. The highest BCUT2D eigenvalue weighted by Gasteiger charge is 2.18. The summed E-state index contributed by atoms with van der Waals surface area (Å²) in [5, 5.41) is 0.652. The molecule has 3 N–H and O–H groups in total. The molecule has 2 aromatic heterocycles. The minimum Gasteiger partial charge on any atom is -0.350 e. The number of Topliss-reactive ketones (excluding diaryl/α,β-unsaturated/α-hetero) is 1. The van der Waals surface area contributed by atoms with Gasteiger partial charge in [0.25, 0.3) is 0 Å². The molecule has 0 aliphatic heterocycles. The molecule has 0 fully saturated rings. The van der Waals surface area contributed by atoms with Crippen molar-refractivity contribution < 1.29 is 4.79 Å². The summed E-state index contributed by atoms with van der Waals surface area (Å²) < 4.78 is 0. The summed E-state index contributed by atoms with van der Waals surface area (Å²) in [7, 11) is 0. The largest absolute Gasteiger partial charge is 0.350 e. The molecule has 0 bridgehead atoms. The van der Waals surface area contributed by atoms with Gasteiger partial charge in [0.15, 0.2) is 5.78 Å². The van der Waals surface area contributed by atoms with E-state index in [4.69, 9.17) is 17.3 Å². The molecule has 0 saturated heterocycles. The van der Waals surface area contributed by atoms with Gasteiger partial charge in [-0.1, -0.05) is 29.4 Å². The van der Waals surface area contributed by atoms with E-state index in [9.17, 15) is 4.79 Å². The van der Waals surface area contributed by atoms with Crippen LogP contribution >= 0.6 is 23.4 Å². The number of halogens is 1. The molecule has 0 aliphatic rings. The molecular weight excluding hydrogens is 306 g/mol. The Morgan fingerprint density at radius 1 is 1.33 bits per heavy atom. The standard InChI is InChI=1S/C15H12ClN3OS/c16-9-3-1-4-10(7-9)21-15-13-11(5-2-6-18-13)19-14(15)12(20)8-17/h1-7,19H,8,17H2. The van der Waals surface area contributed by atoms with Crippen molar-refractivity contribution in [1.82, 2.24) is 9.97 Å². The fourth-order valence-corrected chi connectivity index (χ4v) is 3.39. The monoisotopic (exact) mass is 317 g/mol. The zero-order valence-electron chi connectivity index (χ0n) is 11.0. The fourth-order valence-electron chi connectivity index (χ4n) is 2.04. The van der Waals surface area contributed by atoms with Gasteiger partial charge >= 0.3 is 0 Å². The highest BCUT2D eigenvalue weighted by molar-refractivity contribution is 7.99. The van der Waals surface area contributed by atoms with Crippen LogP contribution in [0, 0.1) is 0 Å². The molecule has 3 aromatic rings. The zero-order chi connectivity index (χ0) is 14.8. The van der Waals surface area contributed by atoms with Gasteiger partial charge in [-0.05, 0) is 30.3 Å². The number of carbonyl (C=O) groups is 1. The maximum atomic E-state index is 12.0. The molecule has 21 heavy (non-hydrogen) atoms. The Bertz CT molecular complexity index is 816. The third kappa shape index (κ3) is 2.81. The number of nitrogens with two attached hydrogens (primary N) is 1. The van der Waals surface area contributed by atoms with Gasteiger partial charge in [0.05, 0.1) is 17.0 Å². The predicted octanol–water partition coefficient (Wildman–Crippen LogP) is 3.51. The molecule has 1 aromatic carbocycles. The second kappa shape index (κ2) is 5.89. The normalized spacial score (nSPS) is 11.0. The summed E-state index contributed by atoms with van der Waals surface area (Å²) in [5.41, 5.74) is 7.57. The van der Waals surface area contributed by atoms with Gasteiger partial charge in [0.2, 0.25) is 0 Å². The first-order valence-corrected chi connectivity index (χ1v) is 7.52. The minimum absolute atomic E-state index is 0.0457. The number of hydrogen-bond acceptors (Lipinski definition) is 4. The topological polar surface area (TPSA) is 71.8 Å². The lowest BCUT2D eigenvalue weighted by Crippen LogP contribution is -2.14. The van der Waals surface area contributed by atoms with Gasteiger partial charge in [0.1, 0.15) is 11.2 Å². The number of fused-ring (bicyclic) bond motifs is 1. The van der Waals surface area contributed by atoms with Crippen LogP contribution in [0.3, 0.4) is 0 Å². The van der Waals surface area contributed by atoms with Crippen molar-refractivity contribution in [2.24, 2.45) is 5.73 Å². The Morgan fingerprint density at radius 2 is 2.19 bits per heavy atom. The zero-order valence-corrected chi connectivity index (χ0v) is 12.5. The summed E-state index contributed by atoms with van der Waals surface area (Å²) in [6, 6.07) is 11.2. The van der Waals surface area contributed by atoms with Gasteiger partial charge in [-0.25, -0.2) is 0 Å². The SMILES string of the molecule is NCC(=O)c1[nH]c2cccnc2c1Sc1cccc(Cl)c1. The van der Waals surface area contributed by atoms with Crippen LogP contribution in [0.1, 0.15) is 10.5 Å². The maximum absolute atomic E-state index is 12.0. The molecule has 4 nitrogen and oxygen atoms in total. The van der Waals surface area contributed by atoms with E-state index < -0.39 is 0 Å². The van der Waals surface area contributed by atoms with Gasteiger partial charge < -0.3 is 10.7 Å². The number of aromatic amines is 1. The summed E-state index contributed by atoms with van der Waals surface area (Å²) >= 11 is 7.46. The van der Waals surface area contributed by atoms with E-state index in [1.165, 1.54) is 11.8 Å². The van der Waals surface area contributed by atoms with Crippen LogP contribution in [0.15, 0.2) is 52.4 Å². The number of nitrogens with one attached hydrogen (secondary N) is 1. The molecule has 2 heterocycles. The first-order chi connectivity index (χ1) is 10.2. The molecule has 0 amide bonds. The number of benzene rings is 1. The van der Waals surface area contributed by atoms with Crippen molar-refractivity contribution in [2.45, 2.75) is 9.79 Å². The predicted molar refractivity (Wildman–Crippen MR) is 85.1 cm³/mol. The Labute approximate surface area is 130 Å². The summed E-state index contributed by atoms with van der Waals surface area (Å²) in [6.07, 6.45) is 1.70.